The Kier molecular flexibility index (Phi) is 6.60. The van der Waals surface area contributed by atoms with Gasteiger partial charge in [-0.15, -0.1) is 5.10 Å². The van der Waals surface area contributed by atoms with E-state index in [1.54, 1.807) is 4.57 Å². The summed E-state index contributed by atoms with van der Waals surface area (Å²) >= 11 is 1.36. The number of nitrogens with zero attached hydrogens (tertiary/aromatic N) is 4. The van der Waals surface area contributed by atoms with E-state index in [1.165, 1.54) is 17.4 Å². The molecule has 0 saturated carbocycles. The van der Waals surface area contributed by atoms with Crippen molar-refractivity contribution >= 4 is 23.4 Å². The monoisotopic (exact) mass is 389 g/mol. The first-order chi connectivity index (χ1) is 13.1. The molecule has 7 nitrogen and oxygen atoms in total. The molecule has 2 heterocycles. The predicted molar refractivity (Wildman–Crippen MR) is 108 cm³/mol. The highest BCUT2D eigenvalue weighted by Crippen LogP contribution is 2.23. The molecule has 8 heteroatoms. The number of thioether (sulfide) groups is 1. The van der Waals surface area contributed by atoms with Gasteiger partial charge in [-0.25, -0.2) is 9.89 Å². The number of carbonyl (C=O) groups excluding carboxylic acids is 1. The van der Waals surface area contributed by atoms with Crippen molar-refractivity contribution in [3.8, 4) is 0 Å². The second kappa shape index (κ2) is 9.12. The number of aromatic nitrogens is 3. The lowest BCUT2D eigenvalue weighted by Gasteiger charge is -2.37. The molecule has 1 fully saturated rings. The summed E-state index contributed by atoms with van der Waals surface area (Å²) in [5.74, 6) is 0.102. The molecule has 1 atom stereocenters. The van der Waals surface area contributed by atoms with Crippen LogP contribution in [0.3, 0.4) is 0 Å². The summed E-state index contributed by atoms with van der Waals surface area (Å²) in [5, 5.41) is 6.92. The van der Waals surface area contributed by atoms with Crippen LogP contribution < -0.4 is 10.6 Å². The lowest BCUT2D eigenvalue weighted by molar-refractivity contribution is -0.130. The maximum atomic E-state index is 12.8. The fourth-order valence-corrected chi connectivity index (χ4v) is 4.16. The van der Waals surface area contributed by atoms with Crippen LogP contribution in [-0.4, -0.2) is 57.0 Å². The van der Waals surface area contributed by atoms with Gasteiger partial charge in [0.1, 0.15) is 0 Å². The van der Waals surface area contributed by atoms with Gasteiger partial charge in [0.05, 0.1) is 5.25 Å². The fourth-order valence-electron chi connectivity index (χ4n) is 3.20. The summed E-state index contributed by atoms with van der Waals surface area (Å²) in [6, 6.07) is 10.3. The quantitative estimate of drug-likeness (QED) is 0.735. The van der Waals surface area contributed by atoms with Crippen molar-refractivity contribution in [2.45, 2.75) is 43.6 Å². The molecule has 3 rings (SSSR count). The van der Waals surface area contributed by atoms with E-state index in [1.807, 2.05) is 30.0 Å². The highest BCUT2D eigenvalue weighted by Gasteiger charge is 2.27. The zero-order valence-electron chi connectivity index (χ0n) is 15.9. The van der Waals surface area contributed by atoms with Crippen molar-refractivity contribution < 1.29 is 4.79 Å². The van der Waals surface area contributed by atoms with Crippen LogP contribution in [0.1, 0.15) is 26.7 Å². The Labute approximate surface area is 163 Å². The topological polar surface area (TPSA) is 74.2 Å². The van der Waals surface area contributed by atoms with Crippen LogP contribution in [0.4, 0.5) is 5.69 Å². The molecule has 1 saturated heterocycles. The number of para-hydroxylation sites is 1. The first-order valence-electron chi connectivity index (χ1n) is 9.50. The molecular weight excluding hydrogens is 362 g/mol. The van der Waals surface area contributed by atoms with Gasteiger partial charge in [-0.3, -0.25) is 9.36 Å². The number of hydrogen-bond acceptors (Lipinski definition) is 5. The van der Waals surface area contributed by atoms with E-state index in [2.05, 4.69) is 34.2 Å². The molecule has 1 N–H and O–H groups in total. The molecule has 1 amide bonds. The maximum absolute atomic E-state index is 12.8. The zero-order chi connectivity index (χ0) is 19.2. The van der Waals surface area contributed by atoms with Crippen LogP contribution >= 0.6 is 11.8 Å². The minimum Gasteiger partial charge on any atom is -0.368 e. The number of nitrogens with one attached hydrogen (secondary N) is 1. The number of hydrogen-bond donors (Lipinski definition) is 1. The minimum absolute atomic E-state index is 0.102. The van der Waals surface area contributed by atoms with Crippen LogP contribution in [0, 0.1) is 0 Å². The van der Waals surface area contributed by atoms with E-state index < -0.39 is 0 Å². The summed E-state index contributed by atoms with van der Waals surface area (Å²) in [7, 11) is 0. The van der Waals surface area contributed by atoms with Crippen LogP contribution in [0.2, 0.25) is 0 Å². The molecule has 1 aromatic carbocycles. The standard InChI is InChI=1S/C19H27N5O2S/c1-3-4-10-24-18(26)20-21-19(24)27-15(2)17(25)23-13-11-22(12-14-23)16-8-6-5-7-9-16/h5-9,15H,3-4,10-14H2,1-2H3,(H,20,26)/t15-/m1/s1. The van der Waals surface area contributed by atoms with E-state index in [9.17, 15) is 9.59 Å². The Morgan fingerprint density at radius 2 is 1.93 bits per heavy atom. The van der Waals surface area contributed by atoms with E-state index >= 15 is 0 Å². The van der Waals surface area contributed by atoms with E-state index in [-0.39, 0.29) is 16.8 Å². The van der Waals surface area contributed by atoms with E-state index in [4.69, 9.17) is 0 Å². The summed E-state index contributed by atoms with van der Waals surface area (Å²) in [6.07, 6.45) is 1.92. The molecule has 0 unspecified atom stereocenters. The third-order valence-corrected chi connectivity index (χ3v) is 5.88. The normalized spacial score (nSPS) is 15.8. The molecule has 146 valence electrons. The number of anilines is 1. The summed E-state index contributed by atoms with van der Waals surface area (Å²) in [4.78, 5) is 29.0. The number of H-pyrrole nitrogens is 1. The number of rotatable bonds is 7. The first kappa shape index (κ1) is 19.5. The molecule has 1 aromatic heterocycles. The van der Waals surface area contributed by atoms with Gasteiger partial charge in [0.15, 0.2) is 5.16 Å². The number of piperazine rings is 1. The fraction of sp³-hybridized carbons (Fsp3) is 0.526. The van der Waals surface area contributed by atoms with Gasteiger partial charge in [0.2, 0.25) is 5.91 Å². The molecule has 27 heavy (non-hydrogen) atoms. The Morgan fingerprint density at radius 1 is 1.22 bits per heavy atom. The van der Waals surface area contributed by atoms with Gasteiger partial charge >= 0.3 is 5.69 Å². The number of carbonyl (C=O) groups is 1. The second-order valence-electron chi connectivity index (χ2n) is 6.72. The predicted octanol–water partition coefficient (Wildman–Crippen LogP) is 2.20. The lowest BCUT2D eigenvalue weighted by atomic mass is 10.2. The Balaban J connectivity index is 1.56. The highest BCUT2D eigenvalue weighted by molar-refractivity contribution is 8.00. The molecule has 2 aromatic rings. The summed E-state index contributed by atoms with van der Waals surface area (Å²) in [5.41, 5.74) is 0.991. The van der Waals surface area contributed by atoms with Crippen molar-refractivity contribution in [1.82, 2.24) is 19.7 Å². The average Bonchev–Trinajstić information content (AvgIpc) is 3.05. The van der Waals surface area contributed by atoms with Gasteiger partial charge in [0.25, 0.3) is 0 Å². The minimum atomic E-state index is -0.274. The van der Waals surface area contributed by atoms with Crippen LogP contribution in [-0.2, 0) is 11.3 Å². The Morgan fingerprint density at radius 3 is 2.59 bits per heavy atom. The third-order valence-electron chi connectivity index (χ3n) is 4.80. The van der Waals surface area contributed by atoms with Gasteiger partial charge in [-0.2, -0.15) is 0 Å². The number of aromatic amines is 1. The number of unbranched alkanes of at least 4 members (excludes halogenated alkanes) is 1. The molecular formula is C19H27N5O2S. The summed E-state index contributed by atoms with van der Waals surface area (Å²) < 4.78 is 1.63. The van der Waals surface area contributed by atoms with Gasteiger partial charge in [-0.05, 0) is 25.5 Å². The molecule has 1 aliphatic rings. The molecule has 0 spiro atoms. The second-order valence-corrected chi connectivity index (χ2v) is 8.03. The average molecular weight is 390 g/mol. The van der Waals surface area contributed by atoms with E-state index in [0.29, 0.717) is 24.8 Å². The lowest BCUT2D eigenvalue weighted by Crippen LogP contribution is -2.50. The Bertz CT molecular complexity index is 796. The van der Waals surface area contributed by atoms with Crippen LogP contribution in [0.5, 0.6) is 0 Å². The van der Waals surface area contributed by atoms with Crippen LogP contribution in [0.25, 0.3) is 0 Å². The SMILES string of the molecule is CCCCn1c(S[C@H](C)C(=O)N2CCN(c3ccccc3)CC2)n[nH]c1=O. The van der Waals surface area contributed by atoms with Crippen molar-refractivity contribution in [2.24, 2.45) is 0 Å². The van der Waals surface area contributed by atoms with Gasteiger partial charge < -0.3 is 9.80 Å². The summed E-state index contributed by atoms with van der Waals surface area (Å²) in [6.45, 7) is 7.68. The molecule has 0 bridgehead atoms. The maximum Gasteiger partial charge on any atom is 0.343 e. The number of amides is 1. The molecule has 0 aliphatic carbocycles. The first-order valence-corrected chi connectivity index (χ1v) is 10.4. The zero-order valence-corrected chi connectivity index (χ0v) is 16.7. The third kappa shape index (κ3) is 4.74. The van der Waals surface area contributed by atoms with Gasteiger partial charge in [0, 0.05) is 38.4 Å². The van der Waals surface area contributed by atoms with Crippen LogP contribution in [0.15, 0.2) is 40.3 Å². The highest BCUT2D eigenvalue weighted by atomic mass is 32.2. The van der Waals surface area contributed by atoms with Crippen molar-refractivity contribution in [3.63, 3.8) is 0 Å². The smallest absolute Gasteiger partial charge is 0.343 e. The molecule has 0 radical (unpaired) electrons. The van der Waals surface area contributed by atoms with Crippen molar-refractivity contribution in [3.05, 3.63) is 40.8 Å². The van der Waals surface area contributed by atoms with Crippen molar-refractivity contribution in [2.75, 3.05) is 31.1 Å². The largest absolute Gasteiger partial charge is 0.368 e. The molecule has 1 aliphatic heterocycles. The number of benzene rings is 1. The van der Waals surface area contributed by atoms with Gasteiger partial charge in [-0.1, -0.05) is 43.3 Å². The Hall–Kier alpha value is -2.22. The van der Waals surface area contributed by atoms with Crippen molar-refractivity contribution in [1.29, 1.82) is 0 Å². The van der Waals surface area contributed by atoms with E-state index in [0.717, 1.165) is 25.9 Å².